The van der Waals surface area contributed by atoms with Crippen LogP contribution in [0.3, 0.4) is 0 Å². The first-order valence-corrected chi connectivity index (χ1v) is 4.65. The summed E-state index contributed by atoms with van der Waals surface area (Å²) in [5.41, 5.74) is 3.85. The second-order valence-corrected chi connectivity index (χ2v) is 3.69. The van der Waals surface area contributed by atoms with Crippen LogP contribution in [-0.4, -0.2) is 15.7 Å². The molecule has 0 aliphatic rings. The maximum absolute atomic E-state index is 5.98. The Morgan fingerprint density at radius 2 is 1.07 bits per heavy atom. The number of benzene rings is 2. The summed E-state index contributed by atoms with van der Waals surface area (Å²) in [6, 6.07) is 8.08. The Morgan fingerprint density at radius 3 is 1.43 bits per heavy atom. The third kappa shape index (κ3) is 1.26. The fraction of sp³-hybridized carbons (Fsp3) is 0.167. The van der Waals surface area contributed by atoms with Gasteiger partial charge in [-0.15, -0.1) is 0 Å². The topological polar surface area (TPSA) is 0 Å². The minimum atomic E-state index is 0.828. The lowest BCUT2D eigenvalue weighted by Crippen LogP contribution is -2.15. The van der Waals surface area contributed by atoms with E-state index in [-0.39, 0.29) is 0 Å². The lowest BCUT2D eigenvalue weighted by Gasteiger charge is -2.10. The predicted molar refractivity (Wildman–Crippen MR) is 64.2 cm³/mol. The second-order valence-electron chi connectivity index (χ2n) is 3.69. The lowest BCUT2D eigenvalue weighted by atomic mass is 9.80. The van der Waals surface area contributed by atoms with E-state index in [1.165, 1.54) is 0 Å². The van der Waals surface area contributed by atoms with Gasteiger partial charge in [0.25, 0.3) is 0 Å². The summed E-state index contributed by atoms with van der Waals surface area (Å²) < 4.78 is 0. The van der Waals surface area contributed by atoms with E-state index in [2.05, 4.69) is 0 Å². The number of aryl methyl sites for hydroxylation is 2. The number of hydrogen-bond donors (Lipinski definition) is 0. The zero-order valence-electron chi connectivity index (χ0n) is 8.46. The number of rotatable bonds is 0. The molecule has 0 saturated heterocycles. The van der Waals surface area contributed by atoms with Crippen molar-refractivity contribution >= 4 is 37.4 Å². The van der Waals surface area contributed by atoms with Crippen LogP contribution in [0.15, 0.2) is 24.3 Å². The third-order valence-corrected chi connectivity index (χ3v) is 2.72. The highest BCUT2D eigenvalue weighted by molar-refractivity contribution is 6.45. The molecule has 2 heteroatoms. The Kier molecular flexibility index (Phi) is 2.14. The van der Waals surface area contributed by atoms with Crippen molar-refractivity contribution < 1.29 is 0 Å². The molecule has 0 bridgehead atoms. The Hall–Kier alpha value is -1.17. The van der Waals surface area contributed by atoms with Crippen molar-refractivity contribution in [1.82, 2.24) is 0 Å². The zero-order valence-corrected chi connectivity index (χ0v) is 8.46. The first kappa shape index (κ1) is 9.39. The fourth-order valence-corrected chi connectivity index (χ4v) is 1.67. The van der Waals surface area contributed by atoms with Crippen LogP contribution in [0.2, 0.25) is 0 Å². The summed E-state index contributed by atoms with van der Waals surface area (Å²) in [5.74, 6) is 0. The first-order valence-electron chi connectivity index (χ1n) is 4.65. The van der Waals surface area contributed by atoms with Crippen LogP contribution in [-0.2, 0) is 0 Å². The van der Waals surface area contributed by atoms with E-state index < -0.39 is 0 Å². The van der Waals surface area contributed by atoms with E-state index in [1.807, 2.05) is 38.1 Å². The summed E-state index contributed by atoms with van der Waals surface area (Å²) in [6.07, 6.45) is 0. The van der Waals surface area contributed by atoms with Crippen molar-refractivity contribution in [1.29, 1.82) is 0 Å². The van der Waals surface area contributed by atoms with Gasteiger partial charge >= 0.3 is 0 Å². The summed E-state index contributed by atoms with van der Waals surface area (Å²) in [5, 5.41) is 2.10. The van der Waals surface area contributed by atoms with Crippen LogP contribution < -0.4 is 10.9 Å². The van der Waals surface area contributed by atoms with E-state index in [4.69, 9.17) is 15.7 Å². The minimum absolute atomic E-state index is 0.828. The Labute approximate surface area is 87.1 Å². The van der Waals surface area contributed by atoms with Crippen molar-refractivity contribution in [3.63, 3.8) is 0 Å². The van der Waals surface area contributed by atoms with E-state index >= 15 is 0 Å². The molecular weight excluding hydrogens is 166 g/mol. The average Bonchev–Trinajstić information content (AvgIpc) is 2.17. The molecule has 0 saturated carbocycles. The molecule has 0 heterocycles. The highest BCUT2D eigenvalue weighted by Crippen LogP contribution is 2.12. The highest BCUT2D eigenvalue weighted by Gasteiger charge is 2.02. The van der Waals surface area contributed by atoms with Crippen molar-refractivity contribution in [2.24, 2.45) is 0 Å². The van der Waals surface area contributed by atoms with Crippen LogP contribution in [0.4, 0.5) is 0 Å². The quantitative estimate of drug-likeness (QED) is 0.526. The van der Waals surface area contributed by atoms with Crippen LogP contribution in [0, 0.1) is 13.8 Å². The smallest absolute Gasteiger partial charge is 0.0861 e. The van der Waals surface area contributed by atoms with Crippen LogP contribution in [0.5, 0.6) is 0 Å². The third-order valence-electron chi connectivity index (χ3n) is 2.72. The molecule has 2 aromatic rings. The van der Waals surface area contributed by atoms with Crippen LogP contribution in [0.25, 0.3) is 10.8 Å². The standard InChI is InChI=1S/C12H10B2/c1-7-3-5-10-9(11(7)13)6-4-8(2)12(10)14/h3-6H,1-2H3. The number of hydrogen-bond acceptors (Lipinski definition) is 0. The predicted octanol–water partition coefficient (Wildman–Crippen LogP) is 1.04. The molecule has 2 rings (SSSR count). The van der Waals surface area contributed by atoms with E-state index in [1.54, 1.807) is 0 Å². The Bertz CT molecular complexity index is 454. The van der Waals surface area contributed by atoms with Gasteiger partial charge in [-0.25, -0.2) is 0 Å². The minimum Gasteiger partial charge on any atom is -0.0861 e. The van der Waals surface area contributed by atoms with Gasteiger partial charge in [-0.3, -0.25) is 0 Å². The molecule has 0 aliphatic carbocycles. The molecule has 0 aromatic heterocycles. The van der Waals surface area contributed by atoms with Crippen LogP contribution >= 0.6 is 0 Å². The van der Waals surface area contributed by atoms with Gasteiger partial charge in [-0.1, -0.05) is 46.3 Å². The van der Waals surface area contributed by atoms with Gasteiger partial charge in [0.1, 0.15) is 15.7 Å². The molecule has 0 amide bonds. The van der Waals surface area contributed by atoms with Crippen molar-refractivity contribution in [2.45, 2.75) is 13.8 Å². The first-order chi connectivity index (χ1) is 6.61. The molecule has 0 aliphatic heterocycles. The molecule has 0 nitrogen and oxygen atoms in total. The molecule has 0 spiro atoms. The average molecular weight is 176 g/mol. The van der Waals surface area contributed by atoms with E-state index in [0.29, 0.717) is 0 Å². The molecular formula is C12H10B2. The van der Waals surface area contributed by atoms with Gasteiger partial charge in [0.2, 0.25) is 0 Å². The van der Waals surface area contributed by atoms with Gasteiger partial charge in [-0.05, 0) is 24.6 Å². The van der Waals surface area contributed by atoms with Gasteiger partial charge in [0.15, 0.2) is 0 Å². The zero-order chi connectivity index (χ0) is 10.3. The SMILES string of the molecule is [B]c1c(C)ccc2c([B])c(C)ccc12. The Balaban J connectivity index is 2.94. The second kappa shape index (κ2) is 3.20. The van der Waals surface area contributed by atoms with Crippen molar-refractivity contribution in [2.75, 3.05) is 0 Å². The van der Waals surface area contributed by atoms with Gasteiger partial charge in [0.05, 0.1) is 0 Å². The molecule has 2 aromatic carbocycles. The molecule has 64 valence electrons. The molecule has 0 atom stereocenters. The maximum atomic E-state index is 5.98. The van der Waals surface area contributed by atoms with Gasteiger partial charge in [-0.2, -0.15) is 0 Å². The summed E-state index contributed by atoms with van der Waals surface area (Å²) in [4.78, 5) is 0. The molecule has 0 unspecified atom stereocenters. The lowest BCUT2D eigenvalue weighted by molar-refractivity contribution is 1.52. The van der Waals surface area contributed by atoms with E-state index in [0.717, 1.165) is 32.8 Å². The molecule has 4 radical (unpaired) electrons. The monoisotopic (exact) mass is 176 g/mol. The van der Waals surface area contributed by atoms with Crippen LogP contribution in [0.1, 0.15) is 11.1 Å². The molecule has 0 N–H and O–H groups in total. The van der Waals surface area contributed by atoms with Gasteiger partial charge < -0.3 is 0 Å². The molecule has 0 fully saturated rings. The fourth-order valence-electron chi connectivity index (χ4n) is 1.67. The maximum Gasteiger partial charge on any atom is 0.115 e. The van der Waals surface area contributed by atoms with Crippen molar-refractivity contribution in [3.05, 3.63) is 35.4 Å². The largest absolute Gasteiger partial charge is 0.115 e. The summed E-state index contributed by atoms with van der Waals surface area (Å²) in [7, 11) is 12.0. The summed E-state index contributed by atoms with van der Waals surface area (Å²) in [6.45, 7) is 4.01. The van der Waals surface area contributed by atoms with E-state index in [9.17, 15) is 0 Å². The van der Waals surface area contributed by atoms with Gasteiger partial charge in [0, 0.05) is 0 Å². The Morgan fingerprint density at radius 1 is 0.714 bits per heavy atom. The normalized spacial score (nSPS) is 10.7. The molecule has 14 heavy (non-hydrogen) atoms. The van der Waals surface area contributed by atoms with Crippen molar-refractivity contribution in [3.8, 4) is 0 Å². The highest BCUT2D eigenvalue weighted by atomic mass is 14.0. The number of fused-ring (bicyclic) bond motifs is 1. The summed E-state index contributed by atoms with van der Waals surface area (Å²) >= 11 is 0.